The zero-order valence-corrected chi connectivity index (χ0v) is 16.4. The molecule has 1 saturated heterocycles. The fourth-order valence-electron chi connectivity index (χ4n) is 3.98. The van der Waals surface area contributed by atoms with Crippen LogP contribution in [0, 0.1) is 0 Å². The van der Waals surface area contributed by atoms with Crippen molar-refractivity contribution in [2.75, 3.05) is 25.4 Å². The van der Waals surface area contributed by atoms with Gasteiger partial charge in [-0.1, -0.05) is 12.8 Å². The fourth-order valence-corrected chi connectivity index (χ4v) is 3.98. The maximum Gasteiger partial charge on any atom is 0.255 e. The van der Waals surface area contributed by atoms with Crippen LogP contribution in [0.15, 0.2) is 12.1 Å². The van der Waals surface area contributed by atoms with Crippen molar-refractivity contribution in [1.82, 2.24) is 20.5 Å². The maximum absolute atomic E-state index is 12.4. The molecule has 8 nitrogen and oxygen atoms in total. The standard InChI is InChI=1S/C20H29N5O3/c1-13(26)22-12-18(27)25-10-8-14(9-11-25)17-7-6-16(19(21)24-17)20(28)23-15-4-2-3-5-15/h6-7,14-15H,2-5,8-12H2,1H3,(H2,21,24)(H,22,26)(H,23,28). The van der Waals surface area contributed by atoms with E-state index in [1.165, 1.54) is 6.92 Å². The summed E-state index contributed by atoms with van der Waals surface area (Å²) in [5.41, 5.74) is 7.36. The molecule has 0 unspecified atom stereocenters. The Morgan fingerprint density at radius 3 is 2.43 bits per heavy atom. The van der Waals surface area contributed by atoms with Gasteiger partial charge in [0.05, 0.1) is 12.1 Å². The highest BCUT2D eigenvalue weighted by molar-refractivity contribution is 5.98. The molecule has 3 amide bonds. The number of carbonyl (C=O) groups excluding carboxylic acids is 3. The molecule has 8 heteroatoms. The van der Waals surface area contributed by atoms with Gasteiger partial charge in [0.15, 0.2) is 0 Å². The molecule has 0 spiro atoms. The molecule has 0 aromatic carbocycles. The Morgan fingerprint density at radius 2 is 1.82 bits per heavy atom. The first kappa shape index (κ1) is 20.1. The van der Waals surface area contributed by atoms with E-state index < -0.39 is 0 Å². The van der Waals surface area contributed by atoms with Crippen LogP contribution in [0.25, 0.3) is 0 Å². The first-order chi connectivity index (χ1) is 13.4. The number of nitrogens with one attached hydrogen (secondary N) is 2. The number of nitrogens with two attached hydrogens (primary N) is 1. The van der Waals surface area contributed by atoms with Gasteiger partial charge in [-0.3, -0.25) is 14.4 Å². The van der Waals surface area contributed by atoms with Gasteiger partial charge in [-0.15, -0.1) is 0 Å². The minimum atomic E-state index is -0.208. The lowest BCUT2D eigenvalue weighted by atomic mass is 9.92. The van der Waals surface area contributed by atoms with Gasteiger partial charge in [0.1, 0.15) is 5.82 Å². The summed E-state index contributed by atoms with van der Waals surface area (Å²) >= 11 is 0. The molecular weight excluding hydrogens is 358 g/mol. The van der Waals surface area contributed by atoms with Crippen LogP contribution in [0.5, 0.6) is 0 Å². The van der Waals surface area contributed by atoms with Gasteiger partial charge in [-0.25, -0.2) is 4.98 Å². The SMILES string of the molecule is CC(=O)NCC(=O)N1CCC(c2ccc(C(=O)NC3CCCC3)c(N)n2)CC1. The Balaban J connectivity index is 1.55. The summed E-state index contributed by atoms with van der Waals surface area (Å²) in [4.78, 5) is 41.7. The number of piperidine rings is 1. The monoisotopic (exact) mass is 387 g/mol. The second-order valence-electron chi connectivity index (χ2n) is 7.69. The van der Waals surface area contributed by atoms with Crippen molar-refractivity contribution in [2.45, 2.75) is 57.4 Å². The number of hydrogen-bond acceptors (Lipinski definition) is 5. The van der Waals surface area contributed by atoms with Crippen LogP contribution in [0.1, 0.15) is 67.4 Å². The molecule has 1 aliphatic carbocycles. The minimum Gasteiger partial charge on any atom is -0.383 e. The molecule has 1 aromatic rings. The Kier molecular flexibility index (Phi) is 6.49. The highest BCUT2D eigenvalue weighted by atomic mass is 16.2. The van der Waals surface area contributed by atoms with E-state index in [4.69, 9.17) is 5.73 Å². The number of anilines is 1. The number of carbonyl (C=O) groups is 3. The van der Waals surface area contributed by atoms with Gasteiger partial charge in [-0.05, 0) is 37.8 Å². The first-order valence-electron chi connectivity index (χ1n) is 10.0. The molecule has 0 atom stereocenters. The van der Waals surface area contributed by atoms with Gasteiger partial charge >= 0.3 is 0 Å². The highest BCUT2D eigenvalue weighted by Gasteiger charge is 2.26. The van der Waals surface area contributed by atoms with E-state index in [0.717, 1.165) is 44.2 Å². The number of rotatable bonds is 5. The van der Waals surface area contributed by atoms with Crippen molar-refractivity contribution in [1.29, 1.82) is 0 Å². The van der Waals surface area contributed by atoms with E-state index in [2.05, 4.69) is 15.6 Å². The van der Waals surface area contributed by atoms with E-state index in [-0.39, 0.29) is 42.0 Å². The van der Waals surface area contributed by atoms with Crippen LogP contribution in [0.3, 0.4) is 0 Å². The topological polar surface area (TPSA) is 117 Å². The second-order valence-corrected chi connectivity index (χ2v) is 7.69. The highest BCUT2D eigenvalue weighted by Crippen LogP contribution is 2.28. The Morgan fingerprint density at radius 1 is 1.14 bits per heavy atom. The van der Waals surface area contributed by atoms with Gasteiger partial charge in [-0.2, -0.15) is 0 Å². The molecule has 152 valence electrons. The molecule has 0 radical (unpaired) electrons. The summed E-state index contributed by atoms with van der Waals surface area (Å²) < 4.78 is 0. The quantitative estimate of drug-likeness (QED) is 0.701. The summed E-state index contributed by atoms with van der Waals surface area (Å²) in [5, 5.41) is 5.58. The van der Waals surface area contributed by atoms with Crippen molar-refractivity contribution >= 4 is 23.5 Å². The summed E-state index contributed by atoms with van der Waals surface area (Å²) in [6.45, 7) is 2.67. The van der Waals surface area contributed by atoms with Crippen molar-refractivity contribution in [3.8, 4) is 0 Å². The Labute approximate surface area is 165 Å². The summed E-state index contributed by atoms with van der Waals surface area (Å²) in [7, 11) is 0. The molecule has 2 fully saturated rings. The lowest BCUT2D eigenvalue weighted by molar-refractivity contribution is -0.133. The average Bonchev–Trinajstić information content (AvgIpc) is 3.19. The van der Waals surface area contributed by atoms with E-state index in [9.17, 15) is 14.4 Å². The molecule has 1 saturated carbocycles. The molecule has 1 aromatic heterocycles. The average molecular weight is 387 g/mol. The number of nitrogens with zero attached hydrogens (tertiary/aromatic N) is 2. The third-order valence-electron chi connectivity index (χ3n) is 5.64. The predicted molar refractivity (Wildman–Crippen MR) is 106 cm³/mol. The van der Waals surface area contributed by atoms with E-state index in [1.54, 1.807) is 11.0 Å². The molecule has 4 N–H and O–H groups in total. The van der Waals surface area contributed by atoms with E-state index in [1.807, 2.05) is 6.07 Å². The number of nitrogen functional groups attached to an aromatic ring is 1. The number of likely N-dealkylation sites (tertiary alicyclic amines) is 1. The molecule has 2 heterocycles. The predicted octanol–water partition coefficient (Wildman–Crippen LogP) is 1.18. The smallest absolute Gasteiger partial charge is 0.255 e. The van der Waals surface area contributed by atoms with Crippen LogP contribution in [0.2, 0.25) is 0 Å². The number of amides is 3. The molecule has 28 heavy (non-hydrogen) atoms. The van der Waals surface area contributed by atoms with Crippen LogP contribution < -0.4 is 16.4 Å². The number of pyridine rings is 1. The van der Waals surface area contributed by atoms with Crippen molar-refractivity contribution in [2.24, 2.45) is 0 Å². The van der Waals surface area contributed by atoms with Crippen molar-refractivity contribution in [3.63, 3.8) is 0 Å². The van der Waals surface area contributed by atoms with Crippen LogP contribution in [0.4, 0.5) is 5.82 Å². The van der Waals surface area contributed by atoms with Crippen molar-refractivity contribution in [3.05, 3.63) is 23.4 Å². The third-order valence-corrected chi connectivity index (χ3v) is 5.64. The Hall–Kier alpha value is -2.64. The molecular formula is C20H29N5O3. The van der Waals surface area contributed by atoms with E-state index in [0.29, 0.717) is 18.7 Å². The second kappa shape index (κ2) is 9.03. The summed E-state index contributed by atoms with van der Waals surface area (Å²) in [6, 6.07) is 3.88. The summed E-state index contributed by atoms with van der Waals surface area (Å²) in [6.07, 6.45) is 5.93. The Bertz CT molecular complexity index is 737. The van der Waals surface area contributed by atoms with Gasteiger partial charge in [0, 0.05) is 37.7 Å². The zero-order chi connectivity index (χ0) is 20.1. The largest absolute Gasteiger partial charge is 0.383 e. The summed E-state index contributed by atoms with van der Waals surface area (Å²) in [5.74, 6) is 0.0399. The zero-order valence-electron chi connectivity index (χ0n) is 16.4. The van der Waals surface area contributed by atoms with Gasteiger partial charge in [0.25, 0.3) is 5.91 Å². The molecule has 3 rings (SSSR count). The fraction of sp³-hybridized carbons (Fsp3) is 0.600. The van der Waals surface area contributed by atoms with E-state index >= 15 is 0 Å². The molecule has 0 bridgehead atoms. The lowest BCUT2D eigenvalue weighted by Crippen LogP contribution is -2.43. The van der Waals surface area contributed by atoms with Crippen LogP contribution in [-0.4, -0.2) is 53.3 Å². The lowest BCUT2D eigenvalue weighted by Gasteiger charge is -2.32. The van der Waals surface area contributed by atoms with Crippen LogP contribution in [-0.2, 0) is 9.59 Å². The van der Waals surface area contributed by atoms with Gasteiger partial charge in [0.2, 0.25) is 11.8 Å². The normalized spacial score (nSPS) is 18.1. The molecule has 1 aliphatic heterocycles. The van der Waals surface area contributed by atoms with Gasteiger partial charge < -0.3 is 21.3 Å². The third kappa shape index (κ3) is 4.99. The van der Waals surface area contributed by atoms with Crippen LogP contribution >= 0.6 is 0 Å². The number of hydrogen-bond donors (Lipinski definition) is 3. The van der Waals surface area contributed by atoms with Crippen molar-refractivity contribution < 1.29 is 14.4 Å². The minimum absolute atomic E-state index is 0.0377. The maximum atomic E-state index is 12.4. The first-order valence-corrected chi connectivity index (χ1v) is 10.0. The molecule has 2 aliphatic rings. The number of aromatic nitrogens is 1.